The number of hydrogen-bond donors (Lipinski definition) is 0. The van der Waals surface area contributed by atoms with Gasteiger partial charge in [-0.3, -0.25) is 14.2 Å². The third kappa shape index (κ3) is 3.94. The zero-order chi connectivity index (χ0) is 19.6. The van der Waals surface area contributed by atoms with Gasteiger partial charge in [0.2, 0.25) is 0 Å². The third-order valence-electron chi connectivity index (χ3n) is 4.32. The number of aryl methyl sites for hydroxylation is 3. The minimum atomic E-state index is -0.348. The molecule has 0 N–H and O–H groups in total. The summed E-state index contributed by atoms with van der Waals surface area (Å²) in [6.45, 7) is 6.10. The van der Waals surface area contributed by atoms with Crippen LogP contribution in [0.4, 0.5) is 0 Å². The van der Waals surface area contributed by atoms with Crippen molar-refractivity contribution < 1.29 is 9.53 Å². The molecule has 2 heterocycles. The number of carbonyl (C=O) groups excluding carboxylic acids is 1. The van der Waals surface area contributed by atoms with E-state index in [2.05, 4.69) is 6.92 Å². The van der Waals surface area contributed by atoms with Crippen LogP contribution in [0, 0.1) is 13.8 Å². The maximum absolute atomic E-state index is 13.4. The SMILES string of the molecule is CCCc1sc2nc(SCC(=O)OC)n(-c3cccc(C)c3)c(=O)c2c1C. The van der Waals surface area contributed by atoms with Gasteiger partial charge in [0, 0.05) is 4.88 Å². The molecule has 27 heavy (non-hydrogen) atoms. The molecule has 0 bridgehead atoms. The van der Waals surface area contributed by atoms with Crippen LogP contribution in [0.1, 0.15) is 29.3 Å². The van der Waals surface area contributed by atoms with E-state index in [9.17, 15) is 9.59 Å². The molecule has 7 heteroatoms. The topological polar surface area (TPSA) is 61.2 Å². The maximum Gasteiger partial charge on any atom is 0.316 e. The van der Waals surface area contributed by atoms with Gasteiger partial charge in [0.25, 0.3) is 5.56 Å². The van der Waals surface area contributed by atoms with Crippen LogP contribution in [-0.4, -0.2) is 28.4 Å². The van der Waals surface area contributed by atoms with Gasteiger partial charge in [-0.1, -0.05) is 37.2 Å². The van der Waals surface area contributed by atoms with Crippen LogP contribution in [0.25, 0.3) is 15.9 Å². The van der Waals surface area contributed by atoms with E-state index in [1.807, 2.05) is 38.1 Å². The molecule has 0 aliphatic carbocycles. The number of ether oxygens (including phenoxy) is 1. The number of esters is 1. The average molecular weight is 403 g/mol. The first-order valence-corrected chi connectivity index (χ1v) is 10.6. The molecular formula is C20H22N2O3S2. The minimum Gasteiger partial charge on any atom is -0.468 e. The summed E-state index contributed by atoms with van der Waals surface area (Å²) in [7, 11) is 1.35. The largest absolute Gasteiger partial charge is 0.468 e. The first-order valence-electron chi connectivity index (χ1n) is 8.78. The van der Waals surface area contributed by atoms with Crippen LogP contribution in [0.15, 0.2) is 34.2 Å². The van der Waals surface area contributed by atoms with E-state index in [1.165, 1.54) is 23.7 Å². The fourth-order valence-corrected chi connectivity index (χ4v) is 5.11. The van der Waals surface area contributed by atoms with Crippen LogP contribution in [0.3, 0.4) is 0 Å². The van der Waals surface area contributed by atoms with Crippen LogP contribution < -0.4 is 5.56 Å². The van der Waals surface area contributed by atoms with Crippen LogP contribution in [-0.2, 0) is 16.0 Å². The molecule has 0 aliphatic rings. The number of benzene rings is 1. The smallest absolute Gasteiger partial charge is 0.316 e. The summed E-state index contributed by atoms with van der Waals surface area (Å²) < 4.78 is 6.35. The molecule has 0 fully saturated rings. The zero-order valence-electron chi connectivity index (χ0n) is 15.9. The summed E-state index contributed by atoms with van der Waals surface area (Å²) >= 11 is 2.79. The van der Waals surface area contributed by atoms with Gasteiger partial charge < -0.3 is 4.74 Å². The van der Waals surface area contributed by atoms with Gasteiger partial charge >= 0.3 is 5.97 Å². The lowest BCUT2D eigenvalue weighted by Gasteiger charge is -2.12. The summed E-state index contributed by atoms with van der Waals surface area (Å²) in [6, 6.07) is 7.74. The number of rotatable bonds is 6. The van der Waals surface area contributed by atoms with Crippen molar-refractivity contribution in [3.8, 4) is 5.69 Å². The Balaban J connectivity index is 2.25. The Hall–Kier alpha value is -2.12. The Labute approximate surface area is 166 Å². The van der Waals surface area contributed by atoms with Crippen molar-refractivity contribution in [3.05, 3.63) is 50.6 Å². The highest BCUT2D eigenvalue weighted by Gasteiger charge is 2.19. The number of fused-ring (bicyclic) bond motifs is 1. The van der Waals surface area contributed by atoms with E-state index in [-0.39, 0.29) is 17.3 Å². The molecule has 0 atom stereocenters. The quantitative estimate of drug-likeness (QED) is 0.350. The van der Waals surface area contributed by atoms with Gasteiger partial charge in [-0.2, -0.15) is 0 Å². The van der Waals surface area contributed by atoms with Crippen LogP contribution in [0.5, 0.6) is 0 Å². The fraction of sp³-hybridized carbons (Fsp3) is 0.350. The predicted octanol–water partition coefficient (Wildman–Crippen LogP) is 4.28. The Morgan fingerprint density at radius 3 is 2.78 bits per heavy atom. The third-order valence-corrected chi connectivity index (χ3v) is 6.47. The second-order valence-corrected chi connectivity index (χ2v) is 8.35. The van der Waals surface area contributed by atoms with Gasteiger partial charge in [-0.25, -0.2) is 4.98 Å². The summed E-state index contributed by atoms with van der Waals surface area (Å²) in [4.78, 5) is 31.7. The highest BCUT2D eigenvalue weighted by atomic mass is 32.2. The van der Waals surface area contributed by atoms with E-state index in [4.69, 9.17) is 9.72 Å². The molecule has 2 aromatic heterocycles. The summed E-state index contributed by atoms with van der Waals surface area (Å²) in [5.41, 5.74) is 2.73. The molecule has 1 aromatic carbocycles. The molecule has 0 unspecified atom stereocenters. The summed E-state index contributed by atoms with van der Waals surface area (Å²) in [5.74, 6) is -0.244. The van der Waals surface area contributed by atoms with Crippen molar-refractivity contribution in [1.82, 2.24) is 9.55 Å². The van der Waals surface area contributed by atoms with Gasteiger partial charge in [-0.05, 0) is 43.5 Å². The lowest BCUT2D eigenvalue weighted by atomic mass is 10.1. The van der Waals surface area contributed by atoms with Gasteiger partial charge in [0.05, 0.1) is 23.9 Å². The normalized spacial score (nSPS) is 11.1. The monoisotopic (exact) mass is 402 g/mol. The molecule has 0 amide bonds. The van der Waals surface area contributed by atoms with E-state index < -0.39 is 0 Å². The number of thioether (sulfide) groups is 1. The average Bonchev–Trinajstić information content (AvgIpc) is 2.95. The van der Waals surface area contributed by atoms with Crippen molar-refractivity contribution in [2.45, 2.75) is 38.8 Å². The lowest BCUT2D eigenvalue weighted by Crippen LogP contribution is -2.22. The number of carbonyl (C=O) groups is 1. The van der Waals surface area contributed by atoms with E-state index >= 15 is 0 Å². The second-order valence-electron chi connectivity index (χ2n) is 6.32. The van der Waals surface area contributed by atoms with Gasteiger partial charge in [-0.15, -0.1) is 11.3 Å². The highest BCUT2D eigenvalue weighted by Crippen LogP contribution is 2.31. The summed E-state index contributed by atoms with van der Waals surface area (Å²) in [5, 5.41) is 1.18. The molecule has 0 radical (unpaired) electrons. The summed E-state index contributed by atoms with van der Waals surface area (Å²) in [6.07, 6.45) is 1.95. The van der Waals surface area contributed by atoms with Crippen LogP contribution >= 0.6 is 23.1 Å². The maximum atomic E-state index is 13.4. The van der Waals surface area contributed by atoms with Gasteiger partial charge in [0.1, 0.15) is 4.83 Å². The first kappa shape index (κ1) is 19.6. The number of hydrogen-bond acceptors (Lipinski definition) is 6. The lowest BCUT2D eigenvalue weighted by molar-refractivity contribution is -0.137. The molecule has 0 saturated carbocycles. The molecule has 0 saturated heterocycles. The second kappa shape index (κ2) is 8.27. The van der Waals surface area contributed by atoms with Crippen molar-refractivity contribution in [3.63, 3.8) is 0 Å². The van der Waals surface area contributed by atoms with Crippen molar-refractivity contribution in [2.24, 2.45) is 0 Å². The van der Waals surface area contributed by atoms with E-state index in [0.29, 0.717) is 10.5 Å². The van der Waals surface area contributed by atoms with Crippen molar-refractivity contribution in [2.75, 3.05) is 12.9 Å². The standard InChI is InChI=1S/C20H22N2O3S2/c1-5-7-15-13(3)17-18(27-15)21-20(26-11-16(23)25-4)22(19(17)24)14-9-6-8-12(2)10-14/h6,8-10H,5,7,11H2,1-4H3. The molecule has 5 nitrogen and oxygen atoms in total. The number of aromatic nitrogens is 2. The molecule has 142 valence electrons. The molecule has 3 rings (SSSR count). The Morgan fingerprint density at radius 1 is 1.33 bits per heavy atom. The zero-order valence-corrected chi connectivity index (χ0v) is 17.5. The van der Waals surface area contributed by atoms with Gasteiger partial charge in [0.15, 0.2) is 5.16 Å². The predicted molar refractivity (Wildman–Crippen MR) is 111 cm³/mol. The molecule has 0 spiro atoms. The van der Waals surface area contributed by atoms with Crippen molar-refractivity contribution >= 4 is 39.3 Å². The van der Waals surface area contributed by atoms with E-state index in [1.54, 1.807) is 15.9 Å². The Bertz CT molecular complexity index is 1050. The fourth-order valence-electron chi connectivity index (χ4n) is 2.95. The first-order chi connectivity index (χ1) is 13.0. The number of methoxy groups -OCH3 is 1. The molecular weight excluding hydrogens is 380 g/mol. The minimum absolute atomic E-state index is 0.0888. The van der Waals surface area contributed by atoms with E-state index in [0.717, 1.165) is 34.5 Å². The van der Waals surface area contributed by atoms with Crippen LogP contribution in [0.2, 0.25) is 0 Å². The molecule has 3 aromatic rings. The number of thiophene rings is 1. The highest BCUT2D eigenvalue weighted by molar-refractivity contribution is 7.99. The Morgan fingerprint density at radius 2 is 2.11 bits per heavy atom. The Kier molecular flexibility index (Phi) is 6.01. The number of nitrogens with zero attached hydrogens (tertiary/aromatic N) is 2. The molecule has 0 aliphatic heterocycles. The van der Waals surface area contributed by atoms with Crippen molar-refractivity contribution in [1.29, 1.82) is 0 Å².